The Kier molecular flexibility index (Phi) is 6.19. The fraction of sp³-hybridized carbons (Fsp3) is 0.500. The average molecular weight is 334 g/mol. The molecular formula is C14H20ClNO4S. The number of rotatable bonds is 6. The van der Waals surface area contributed by atoms with Crippen molar-refractivity contribution in [3.63, 3.8) is 0 Å². The molecule has 0 aromatic heterocycles. The summed E-state index contributed by atoms with van der Waals surface area (Å²) in [5.74, 6) is -0.230. The molecule has 0 saturated carbocycles. The lowest BCUT2D eigenvalue weighted by Crippen LogP contribution is -2.36. The highest BCUT2D eigenvalue weighted by Gasteiger charge is 2.20. The van der Waals surface area contributed by atoms with Crippen LogP contribution in [0.5, 0.6) is 0 Å². The van der Waals surface area contributed by atoms with Crippen LogP contribution in [0.2, 0.25) is 0 Å². The Labute approximate surface area is 130 Å². The van der Waals surface area contributed by atoms with Crippen molar-refractivity contribution in [1.82, 2.24) is 4.90 Å². The van der Waals surface area contributed by atoms with E-state index >= 15 is 0 Å². The van der Waals surface area contributed by atoms with Gasteiger partial charge in [-0.15, -0.1) is 0 Å². The summed E-state index contributed by atoms with van der Waals surface area (Å²) in [6.45, 7) is 6.41. The quantitative estimate of drug-likeness (QED) is 0.751. The minimum atomic E-state index is -3.91. The zero-order valence-electron chi connectivity index (χ0n) is 12.6. The zero-order chi connectivity index (χ0) is 16.2. The van der Waals surface area contributed by atoms with Gasteiger partial charge in [-0.05, 0) is 44.5 Å². The van der Waals surface area contributed by atoms with Gasteiger partial charge in [-0.3, -0.25) is 4.79 Å². The number of carbonyl (C=O) groups excluding carboxylic acids is 1. The van der Waals surface area contributed by atoms with Gasteiger partial charge in [0.05, 0.1) is 11.5 Å². The third kappa shape index (κ3) is 4.69. The second-order valence-corrected chi connectivity index (χ2v) is 7.49. The fourth-order valence-corrected chi connectivity index (χ4v) is 2.91. The molecule has 0 fully saturated rings. The van der Waals surface area contributed by atoms with Crippen LogP contribution in [0.4, 0.5) is 0 Å². The number of ether oxygens (including phenoxy) is 1. The molecule has 0 aliphatic heterocycles. The van der Waals surface area contributed by atoms with Gasteiger partial charge in [0.15, 0.2) is 0 Å². The smallest absolute Gasteiger partial charge is 0.261 e. The Morgan fingerprint density at radius 3 is 2.38 bits per heavy atom. The highest BCUT2D eigenvalue weighted by Crippen LogP contribution is 2.21. The third-order valence-electron chi connectivity index (χ3n) is 3.03. The summed E-state index contributed by atoms with van der Waals surface area (Å²) < 4.78 is 28.1. The number of carbonyl (C=O) groups is 1. The van der Waals surface area contributed by atoms with Crippen LogP contribution < -0.4 is 0 Å². The number of methoxy groups -OCH3 is 1. The molecule has 0 aliphatic rings. The van der Waals surface area contributed by atoms with Crippen molar-refractivity contribution in [2.75, 3.05) is 13.7 Å². The minimum absolute atomic E-state index is 0.0182. The van der Waals surface area contributed by atoms with E-state index in [1.54, 1.807) is 11.0 Å². The molecule has 21 heavy (non-hydrogen) atoms. The first-order valence-electron chi connectivity index (χ1n) is 6.59. The van der Waals surface area contributed by atoms with Gasteiger partial charge in [0.2, 0.25) is 0 Å². The van der Waals surface area contributed by atoms with Crippen LogP contribution in [0.25, 0.3) is 0 Å². The summed E-state index contributed by atoms with van der Waals surface area (Å²) in [4.78, 5) is 14.1. The summed E-state index contributed by atoms with van der Waals surface area (Å²) in [6.07, 6.45) is 0. The molecule has 0 atom stereocenters. The molecular weight excluding hydrogens is 314 g/mol. The van der Waals surface area contributed by atoms with Crippen molar-refractivity contribution in [3.05, 3.63) is 29.3 Å². The predicted molar refractivity (Wildman–Crippen MR) is 82.0 cm³/mol. The second kappa shape index (κ2) is 7.24. The maximum Gasteiger partial charge on any atom is 0.261 e. The van der Waals surface area contributed by atoms with Crippen molar-refractivity contribution >= 4 is 25.6 Å². The number of amides is 1. The van der Waals surface area contributed by atoms with E-state index in [9.17, 15) is 13.2 Å². The SMILES string of the molecule is CCN(C(=O)c1cc(COC)cc(S(=O)(=O)Cl)c1)C(C)C. The lowest BCUT2D eigenvalue weighted by molar-refractivity contribution is 0.0716. The van der Waals surface area contributed by atoms with E-state index in [0.717, 1.165) is 0 Å². The Morgan fingerprint density at radius 1 is 1.33 bits per heavy atom. The van der Waals surface area contributed by atoms with Crippen LogP contribution in [-0.4, -0.2) is 38.9 Å². The molecule has 0 spiro atoms. The Balaban J connectivity index is 3.34. The molecule has 1 rings (SSSR count). The molecule has 1 amide bonds. The molecule has 0 N–H and O–H groups in total. The number of hydrogen-bond acceptors (Lipinski definition) is 4. The number of halogens is 1. The van der Waals surface area contributed by atoms with Crippen LogP contribution >= 0.6 is 10.7 Å². The monoisotopic (exact) mass is 333 g/mol. The molecule has 0 saturated heterocycles. The highest BCUT2D eigenvalue weighted by molar-refractivity contribution is 8.13. The fourth-order valence-electron chi connectivity index (χ4n) is 2.08. The zero-order valence-corrected chi connectivity index (χ0v) is 14.2. The van der Waals surface area contributed by atoms with E-state index in [1.807, 2.05) is 20.8 Å². The van der Waals surface area contributed by atoms with E-state index in [-0.39, 0.29) is 23.5 Å². The number of benzene rings is 1. The van der Waals surface area contributed by atoms with Crippen molar-refractivity contribution in [2.24, 2.45) is 0 Å². The van der Waals surface area contributed by atoms with Gasteiger partial charge >= 0.3 is 0 Å². The summed E-state index contributed by atoms with van der Waals surface area (Å²) in [5.41, 5.74) is 0.877. The second-order valence-electron chi connectivity index (χ2n) is 4.92. The number of nitrogens with zero attached hydrogens (tertiary/aromatic N) is 1. The van der Waals surface area contributed by atoms with Gasteiger partial charge in [0.25, 0.3) is 15.0 Å². The molecule has 118 valence electrons. The van der Waals surface area contributed by atoms with Crippen LogP contribution in [0.15, 0.2) is 23.1 Å². The largest absolute Gasteiger partial charge is 0.380 e. The van der Waals surface area contributed by atoms with Crippen molar-refractivity contribution in [2.45, 2.75) is 38.3 Å². The van der Waals surface area contributed by atoms with E-state index < -0.39 is 9.05 Å². The lowest BCUT2D eigenvalue weighted by Gasteiger charge is -2.25. The van der Waals surface area contributed by atoms with E-state index in [2.05, 4.69) is 0 Å². The highest BCUT2D eigenvalue weighted by atomic mass is 35.7. The standard InChI is InChI=1S/C14H20ClNO4S/c1-5-16(10(2)3)14(17)12-6-11(9-20-4)7-13(8-12)21(15,18)19/h6-8,10H,5,9H2,1-4H3. The van der Waals surface area contributed by atoms with E-state index in [4.69, 9.17) is 15.4 Å². The molecule has 0 radical (unpaired) electrons. The molecule has 0 unspecified atom stereocenters. The van der Waals surface area contributed by atoms with Crippen LogP contribution in [0.1, 0.15) is 36.7 Å². The first kappa shape index (κ1) is 17.9. The lowest BCUT2D eigenvalue weighted by atomic mass is 10.1. The van der Waals surface area contributed by atoms with Crippen LogP contribution in [0.3, 0.4) is 0 Å². The summed E-state index contributed by atoms with van der Waals surface area (Å²) >= 11 is 0. The Bertz CT molecular complexity index is 613. The van der Waals surface area contributed by atoms with Crippen molar-refractivity contribution in [1.29, 1.82) is 0 Å². The number of hydrogen-bond donors (Lipinski definition) is 0. The first-order valence-corrected chi connectivity index (χ1v) is 8.90. The first-order chi connectivity index (χ1) is 9.70. The van der Waals surface area contributed by atoms with E-state index in [0.29, 0.717) is 17.7 Å². The maximum absolute atomic E-state index is 12.5. The van der Waals surface area contributed by atoms with Gasteiger partial charge in [-0.25, -0.2) is 8.42 Å². The van der Waals surface area contributed by atoms with Gasteiger partial charge < -0.3 is 9.64 Å². The Hall–Kier alpha value is -1.11. The van der Waals surface area contributed by atoms with Gasteiger partial charge in [-0.1, -0.05) is 0 Å². The van der Waals surface area contributed by atoms with Crippen molar-refractivity contribution < 1.29 is 17.9 Å². The topological polar surface area (TPSA) is 63.7 Å². The maximum atomic E-state index is 12.5. The average Bonchev–Trinajstić information content (AvgIpc) is 2.38. The van der Waals surface area contributed by atoms with Gasteiger partial charge in [-0.2, -0.15) is 0 Å². The Morgan fingerprint density at radius 2 is 1.95 bits per heavy atom. The predicted octanol–water partition coefficient (Wildman–Crippen LogP) is 2.63. The molecule has 0 bridgehead atoms. The van der Waals surface area contributed by atoms with Gasteiger partial charge in [0, 0.05) is 35.9 Å². The minimum Gasteiger partial charge on any atom is -0.380 e. The molecule has 5 nitrogen and oxygen atoms in total. The molecule has 7 heteroatoms. The van der Waals surface area contributed by atoms with Gasteiger partial charge in [0.1, 0.15) is 0 Å². The van der Waals surface area contributed by atoms with Crippen molar-refractivity contribution in [3.8, 4) is 0 Å². The normalized spacial score (nSPS) is 11.7. The molecule has 1 aromatic carbocycles. The molecule has 0 heterocycles. The van der Waals surface area contributed by atoms with Crippen LogP contribution in [0, 0.1) is 0 Å². The molecule has 0 aliphatic carbocycles. The van der Waals surface area contributed by atoms with Crippen LogP contribution in [-0.2, 0) is 20.4 Å². The summed E-state index contributed by atoms with van der Waals surface area (Å²) in [6, 6.07) is 4.36. The van der Waals surface area contributed by atoms with E-state index in [1.165, 1.54) is 19.2 Å². The summed E-state index contributed by atoms with van der Waals surface area (Å²) in [5, 5.41) is 0. The molecule has 1 aromatic rings. The third-order valence-corrected chi connectivity index (χ3v) is 4.36. The summed E-state index contributed by atoms with van der Waals surface area (Å²) in [7, 11) is 2.98.